The molecule has 0 spiro atoms. The van der Waals surface area contributed by atoms with Crippen LogP contribution in [0.1, 0.15) is 0 Å². The van der Waals surface area contributed by atoms with Crippen LogP contribution >= 0.6 is 11.8 Å². The van der Waals surface area contributed by atoms with E-state index in [1.54, 1.807) is 0 Å². The fourth-order valence-corrected chi connectivity index (χ4v) is 0.884. The summed E-state index contributed by atoms with van der Waals surface area (Å²) in [6, 6.07) is 0. The second kappa shape index (κ2) is 1.67. The normalized spacial score (nSPS) is 24.0. The molecule has 0 aromatic heterocycles. The predicted octanol–water partition coefficient (Wildman–Crippen LogP) is 0.442. The van der Waals surface area contributed by atoms with Crippen molar-refractivity contribution in [2.24, 2.45) is 0 Å². The third-order valence-corrected chi connectivity index (χ3v) is 1.30. The van der Waals surface area contributed by atoms with Crippen LogP contribution in [0.4, 0.5) is 0 Å². The van der Waals surface area contributed by atoms with E-state index < -0.39 is 0 Å². The molecule has 0 amide bonds. The number of hydrogen-bond acceptors (Lipinski definition) is 2. The van der Waals surface area contributed by atoms with Gasteiger partial charge < -0.3 is 5.32 Å². The first-order chi connectivity index (χ1) is 2.50. The van der Waals surface area contributed by atoms with E-state index in [0.29, 0.717) is 0 Å². The fourth-order valence-electron chi connectivity index (χ4n) is 0.295. The minimum atomic E-state index is 1.16. The Morgan fingerprint density at radius 1 is 1.80 bits per heavy atom. The number of thioether (sulfide) groups is 1. The Bertz CT molecular complexity index is 18.5. The van der Waals surface area contributed by atoms with Gasteiger partial charge in [-0.2, -0.15) is 0 Å². The second-order valence-corrected chi connectivity index (χ2v) is 1.92. The zero-order valence-corrected chi connectivity index (χ0v) is 3.72. The highest BCUT2D eigenvalue weighted by molar-refractivity contribution is 8.01. The molecule has 1 rings (SSSR count). The molecule has 0 aromatic carbocycles. The van der Waals surface area contributed by atoms with Crippen LogP contribution in [0.25, 0.3) is 0 Å². The summed E-state index contributed by atoms with van der Waals surface area (Å²) in [6.07, 6.45) is 0. The molecule has 1 nitrogen and oxygen atoms in total. The first kappa shape index (κ1) is 3.50. The molecule has 1 radical (unpaired) electrons. The smallest absolute Gasteiger partial charge is 0.0783 e. The molecule has 0 saturated carbocycles. The number of hydrogen-bond donors (Lipinski definition) is 1. The SMILES string of the molecule is [CH]1NCCS1. The lowest BCUT2D eigenvalue weighted by Gasteiger charge is -1.73. The molecule has 2 heteroatoms. The fraction of sp³-hybridized carbons (Fsp3) is 0.667. The van der Waals surface area contributed by atoms with E-state index in [-0.39, 0.29) is 0 Å². The Balaban J connectivity index is 2.08. The van der Waals surface area contributed by atoms with Crippen molar-refractivity contribution in [2.45, 2.75) is 0 Å². The monoisotopic (exact) mass is 88.0 g/mol. The number of nitrogens with one attached hydrogen (secondary N) is 1. The molecule has 1 N–H and O–H groups in total. The van der Waals surface area contributed by atoms with Gasteiger partial charge in [-0.1, -0.05) is 0 Å². The van der Waals surface area contributed by atoms with Gasteiger partial charge in [-0.15, -0.1) is 11.8 Å². The quantitative estimate of drug-likeness (QED) is 0.461. The van der Waals surface area contributed by atoms with Crippen LogP contribution < -0.4 is 5.32 Å². The minimum Gasteiger partial charge on any atom is -0.303 e. The van der Waals surface area contributed by atoms with E-state index >= 15 is 0 Å². The molecule has 0 aliphatic carbocycles. The molecule has 0 aromatic rings. The van der Waals surface area contributed by atoms with Gasteiger partial charge in [0.05, 0.1) is 5.88 Å². The summed E-state index contributed by atoms with van der Waals surface area (Å²) in [5, 5.41) is 3.06. The Kier molecular flexibility index (Phi) is 1.17. The molecular formula is C3H6NS. The highest BCUT2D eigenvalue weighted by atomic mass is 32.2. The zero-order valence-electron chi connectivity index (χ0n) is 2.90. The van der Waals surface area contributed by atoms with Crippen LogP contribution in [0, 0.1) is 5.88 Å². The van der Waals surface area contributed by atoms with Gasteiger partial charge in [0.25, 0.3) is 0 Å². The van der Waals surface area contributed by atoms with Crippen molar-refractivity contribution in [1.29, 1.82) is 0 Å². The summed E-state index contributed by atoms with van der Waals surface area (Å²) < 4.78 is 0. The topological polar surface area (TPSA) is 12.0 Å². The molecule has 1 saturated heterocycles. The van der Waals surface area contributed by atoms with Crippen molar-refractivity contribution in [3.8, 4) is 0 Å². The van der Waals surface area contributed by atoms with Crippen molar-refractivity contribution >= 4 is 11.8 Å². The molecule has 5 heavy (non-hydrogen) atoms. The van der Waals surface area contributed by atoms with Crippen LogP contribution in [-0.2, 0) is 0 Å². The highest BCUT2D eigenvalue weighted by Crippen LogP contribution is 2.05. The summed E-state index contributed by atoms with van der Waals surface area (Å²) in [7, 11) is 0. The first-order valence-corrected chi connectivity index (χ1v) is 2.72. The van der Waals surface area contributed by atoms with E-state index in [0.717, 1.165) is 6.54 Å². The van der Waals surface area contributed by atoms with Crippen molar-refractivity contribution in [3.63, 3.8) is 0 Å². The Hall–Kier alpha value is 0.310. The van der Waals surface area contributed by atoms with Gasteiger partial charge in [-0.3, -0.25) is 0 Å². The van der Waals surface area contributed by atoms with Crippen molar-refractivity contribution in [1.82, 2.24) is 5.32 Å². The summed E-state index contributed by atoms with van der Waals surface area (Å²) in [6.45, 7) is 1.16. The van der Waals surface area contributed by atoms with Crippen LogP contribution in [0.5, 0.6) is 0 Å². The van der Waals surface area contributed by atoms with Gasteiger partial charge in [0.15, 0.2) is 0 Å². The lowest BCUT2D eigenvalue weighted by Crippen LogP contribution is -2.00. The van der Waals surface area contributed by atoms with Crippen LogP contribution in [0.15, 0.2) is 0 Å². The molecule has 0 atom stereocenters. The Morgan fingerprint density at radius 3 is 3.00 bits per heavy atom. The molecule has 1 aliphatic heterocycles. The maximum Gasteiger partial charge on any atom is 0.0783 e. The molecule has 0 unspecified atom stereocenters. The van der Waals surface area contributed by atoms with Gasteiger partial charge in [0, 0.05) is 12.3 Å². The number of rotatable bonds is 0. The third-order valence-electron chi connectivity index (χ3n) is 0.531. The Labute approximate surface area is 36.1 Å². The molecule has 1 heterocycles. The summed E-state index contributed by atoms with van der Waals surface area (Å²) >= 11 is 1.84. The summed E-state index contributed by atoms with van der Waals surface area (Å²) in [4.78, 5) is 0. The molecule has 0 bridgehead atoms. The lowest BCUT2D eigenvalue weighted by molar-refractivity contribution is 0.944. The lowest BCUT2D eigenvalue weighted by atomic mass is 10.8. The maximum atomic E-state index is 3.06. The van der Waals surface area contributed by atoms with Gasteiger partial charge in [0.1, 0.15) is 0 Å². The summed E-state index contributed by atoms with van der Waals surface area (Å²) in [5.74, 6) is 3.28. The van der Waals surface area contributed by atoms with Gasteiger partial charge >= 0.3 is 0 Å². The van der Waals surface area contributed by atoms with E-state index in [2.05, 4.69) is 5.32 Å². The van der Waals surface area contributed by atoms with Crippen LogP contribution in [-0.4, -0.2) is 12.3 Å². The largest absolute Gasteiger partial charge is 0.303 e. The molecule has 29 valence electrons. The van der Waals surface area contributed by atoms with Crippen LogP contribution in [0.3, 0.4) is 0 Å². The second-order valence-electron chi connectivity index (χ2n) is 0.943. The predicted molar refractivity (Wildman–Crippen MR) is 24.8 cm³/mol. The van der Waals surface area contributed by atoms with Gasteiger partial charge in [-0.05, 0) is 0 Å². The van der Waals surface area contributed by atoms with E-state index in [4.69, 9.17) is 0 Å². The first-order valence-electron chi connectivity index (χ1n) is 1.67. The van der Waals surface area contributed by atoms with Crippen molar-refractivity contribution in [3.05, 3.63) is 5.88 Å². The van der Waals surface area contributed by atoms with Gasteiger partial charge in [0.2, 0.25) is 0 Å². The van der Waals surface area contributed by atoms with Crippen LogP contribution in [0.2, 0.25) is 0 Å². The van der Waals surface area contributed by atoms with Gasteiger partial charge in [-0.25, -0.2) is 0 Å². The van der Waals surface area contributed by atoms with Crippen molar-refractivity contribution < 1.29 is 0 Å². The molecule has 1 fully saturated rings. The zero-order chi connectivity index (χ0) is 3.54. The average Bonchev–Trinajstić information content (AvgIpc) is 1.76. The maximum absolute atomic E-state index is 3.06. The molecular weight excluding hydrogens is 82.1 g/mol. The van der Waals surface area contributed by atoms with E-state index in [1.807, 2.05) is 17.6 Å². The standard InChI is InChI=1S/C3H6NS/c1-2-5-3-4-1/h3-4H,1-2H2. The van der Waals surface area contributed by atoms with E-state index in [9.17, 15) is 0 Å². The Morgan fingerprint density at radius 2 is 2.80 bits per heavy atom. The third kappa shape index (κ3) is 0.816. The highest BCUT2D eigenvalue weighted by Gasteiger charge is 1.94. The summed E-state index contributed by atoms with van der Waals surface area (Å²) in [5.41, 5.74) is 0. The minimum absolute atomic E-state index is 1.16. The molecule has 1 aliphatic rings. The average molecular weight is 88.2 g/mol. The van der Waals surface area contributed by atoms with E-state index in [1.165, 1.54) is 5.75 Å². The van der Waals surface area contributed by atoms with Crippen molar-refractivity contribution in [2.75, 3.05) is 12.3 Å².